The lowest BCUT2D eigenvalue weighted by atomic mass is 9.96. The molecule has 1 aromatic heterocycles. The molecule has 0 saturated heterocycles. The van der Waals surface area contributed by atoms with Crippen LogP contribution in [-0.4, -0.2) is 16.0 Å². The summed E-state index contributed by atoms with van der Waals surface area (Å²) in [5, 5.41) is 8.41. The zero-order valence-electron chi connectivity index (χ0n) is 12.5. The highest BCUT2D eigenvalue weighted by molar-refractivity contribution is 6.32. The van der Waals surface area contributed by atoms with Gasteiger partial charge in [0, 0.05) is 6.21 Å². The fraction of sp³-hybridized carbons (Fsp3) is 0.235. The average molecular weight is 329 g/mol. The molecule has 6 heteroatoms. The lowest BCUT2D eigenvalue weighted by Crippen LogP contribution is -2.22. The maximum Gasteiger partial charge on any atom is 0.292 e. The molecular formula is C17H17ClN4O. The van der Waals surface area contributed by atoms with Gasteiger partial charge in [0.2, 0.25) is 0 Å². The van der Waals surface area contributed by atoms with E-state index in [9.17, 15) is 4.79 Å². The molecule has 0 bridgehead atoms. The van der Waals surface area contributed by atoms with E-state index in [2.05, 4.69) is 27.8 Å². The predicted octanol–water partition coefficient (Wildman–Crippen LogP) is 3.64. The van der Waals surface area contributed by atoms with Gasteiger partial charge in [-0.1, -0.05) is 42.0 Å². The van der Waals surface area contributed by atoms with E-state index in [-0.39, 0.29) is 10.6 Å². The molecule has 23 heavy (non-hydrogen) atoms. The van der Waals surface area contributed by atoms with Gasteiger partial charge in [-0.15, -0.1) is 0 Å². The van der Waals surface area contributed by atoms with Crippen LogP contribution in [0.25, 0.3) is 5.69 Å². The van der Waals surface area contributed by atoms with E-state index in [1.165, 1.54) is 10.9 Å². The van der Waals surface area contributed by atoms with Gasteiger partial charge >= 0.3 is 0 Å². The molecule has 3 rings (SSSR count). The highest BCUT2D eigenvalue weighted by atomic mass is 35.5. The topological polar surface area (TPSA) is 59.3 Å². The molecule has 0 fully saturated rings. The first-order valence-corrected chi connectivity index (χ1v) is 7.91. The molecule has 0 spiro atoms. The van der Waals surface area contributed by atoms with E-state index in [1.54, 1.807) is 12.1 Å². The Morgan fingerprint density at radius 1 is 1.30 bits per heavy atom. The Hall–Kier alpha value is -2.40. The molecule has 1 atom stereocenters. The number of halogens is 1. The molecule has 0 saturated carbocycles. The van der Waals surface area contributed by atoms with Crippen LogP contribution in [0, 0.1) is 5.92 Å². The highest BCUT2D eigenvalue weighted by Crippen LogP contribution is 2.18. The summed E-state index contributed by atoms with van der Waals surface area (Å²) in [6.45, 7) is 0. The van der Waals surface area contributed by atoms with Crippen molar-refractivity contribution < 1.29 is 0 Å². The van der Waals surface area contributed by atoms with Crippen LogP contribution in [0.3, 0.4) is 0 Å². The summed E-state index contributed by atoms with van der Waals surface area (Å²) < 4.78 is 1.27. The van der Waals surface area contributed by atoms with Crippen molar-refractivity contribution in [2.24, 2.45) is 11.0 Å². The molecule has 5 nitrogen and oxygen atoms in total. The number of rotatable bonds is 4. The van der Waals surface area contributed by atoms with Gasteiger partial charge in [-0.3, -0.25) is 10.2 Å². The number of hydrogen-bond acceptors (Lipinski definition) is 4. The lowest BCUT2D eigenvalue weighted by molar-refractivity contribution is 0.627. The number of nitrogens with one attached hydrogen (secondary N) is 1. The molecule has 1 unspecified atom stereocenters. The van der Waals surface area contributed by atoms with Gasteiger partial charge in [0.1, 0.15) is 10.7 Å². The summed E-state index contributed by atoms with van der Waals surface area (Å²) in [5.74, 6) is 0.420. The molecule has 1 aliphatic rings. The average Bonchev–Trinajstić information content (AvgIpc) is 2.60. The van der Waals surface area contributed by atoms with E-state index in [0.29, 0.717) is 17.3 Å². The fourth-order valence-corrected chi connectivity index (χ4v) is 2.60. The van der Waals surface area contributed by atoms with Crippen molar-refractivity contribution in [1.29, 1.82) is 0 Å². The van der Waals surface area contributed by atoms with Crippen molar-refractivity contribution in [3.05, 3.63) is 64.1 Å². The van der Waals surface area contributed by atoms with Crippen molar-refractivity contribution in [3.63, 3.8) is 0 Å². The lowest BCUT2D eigenvalue weighted by Gasteiger charge is -2.12. The van der Waals surface area contributed by atoms with Crippen molar-refractivity contribution in [3.8, 4) is 5.69 Å². The van der Waals surface area contributed by atoms with Crippen LogP contribution in [0.1, 0.15) is 19.3 Å². The van der Waals surface area contributed by atoms with Gasteiger partial charge in [-0.25, -0.2) is 0 Å². The Morgan fingerprint density at radius 3 is 2.87 bits per heavy atom. The van der Waals surface area contributed by atoms with Crippen LogP contribution in [0.5, 0.6) is 0 Å². The Kier molecular flexibility index (Phi) is 4.88. The normalized spacial score (nSPS) is 17.5. The standard InChI is InChI=1S/C17H17ClN4O/c18-16-15(21-19-11-13-7-3-1-4-8-13)12-20-22(17(16)23)14-9-5-2-6-10-14/h1-3,5-6,9-13,21H,4,7-8H2/b19-11+. The Balaban J connectivity index is 1.77. The molecular weight excluding hydrogens is 312 g/mol. The zero-order chi connectivity index (χ0) is 16.1. The number of hydrazone groups is 1. The molecule has 1 aromatic carbocycles. The van der Waals surface area contributed by atoms with E-state index in [0.717, 1.165) is 19.3 Å². The number of aromatic nitrogens is 2. The van der Waals surface area contributed by atoms with Gasteiger partial charge in [0.05, 0.1) is 11.9 Å². The summed E-state index contributed by atoms with van der Waals surface area (Å²) in [6.07, 6.45) is 10.9. The van der Waals surface area contributed by atoms with E-state index < -0.39 is 0 Å². The Bertz CT molecular complexity index is 783. The van der Waals surface area contributed by atoms with Crippen molar-refractivity contribution in [1.82, 2.24) is 9.78 Å². The summed E-state index contributed by atoms with van der Waals surface area (Å²) in [5.41, 5.74) is 3.52. The van der Waals surface area contributed by atoms with Gasteiger partial charge in [-0.05, 0) is 37.3 Å². The minimum Gasteiger partial charge on any atom is -0.275 e. The highest BCUT2D eigenvalue weighted by Gasteiger charge is 2.10. The van der Waals surface area contributed by atoms with Crippen molar-refractivity contribution in [2.45, 2.75) is 19.3 Å². The first kappa shape index (κ1) is 15.5. The smallest absolute Gasteiger partial charge is 0.275 e. The zero-order valence-corrected chi connectivity index (χ0v) is 13.3. The molecule has 0 aliphatic heterocycles. The van der Waals surface area contributed by atoms with E-state index in [4.69, 9.17) is 11.6 Å². The third-order valence-electron chi connectivity index (χ3n) is 3.70. The summed E-state index contributed by atoms with van der Waals surface area (Å²) in [4.78, 5) is 12.3. The third-order valence-corrected chi connectivity index (χ3v) is 4.06. The molecule has 1 aliphatic carbocycles. The van der Waals surface area contributed by atoms with E-state index >= 15 is 0 Å². The number of allylic oxidation sites excluding steroid dienone is 2. The van der Waals surface area contributed by atoms with Crippen LogP contribution in [0.15, 0.2) is 58.6 Å². The molecule has 1 N–H and O–H groups in total. The van der Waals surface area contributed by atoms with Crippen LogP contribution in [0.2, 0.25) is 5.02 Å². The number of hydrogen-bond donors (Lipinski definition) is 1. The molecule has 2 aromatic rings. The molecule has 0 radical (unpaired) electrons. The summed E-state index contributed by atoms with van der Waals surface area (Å²) >= 11 is 6.15. The Labute approximate surface area is 139 Å². The van der Waals surface area contributed by atoms with Crippen LogP contribution >= 0.6 is 11.6 Å². The minimum absolute atomic E-state index is 0.0737. The second-order valence-corrected chi connectivity index (χ2v) is 5.74. The number of para-hydroxylation sites is 1. The van der Waals surface area contributed by atoms with Crippen LogP contribution < -0.4 is 11.0 Å². The number of anilines is 1. The van der Waals surface area contributed by atoms with Crippen LogP contribution in [-0.2, 0) is 0 Å². The second kappa shape index (κ2) is 7.24. The quantitative estimate of drug-likeness (QED) is 0.529. The first-order chi connectivity index (χ1) is 11.3. The monoisotopic (exact) mass is 328 g/mol. The second-order valence-electron chi connectivity index (χ2n) is 5.36. The van der Waals surface area contributed by atoms with Gasteiger partial charge in [-0.2, -0.15) is 14.9 Å². The van der Waals surface area contributed by atoms with Crippen LogP contribution in [0.4, 0.5) is 5.69 Å². The van der Waals surface area contributed by atoms with Crippen molar-refractivity contribution in [2.75, 3.05) is 5.43 Å². The third kappa shape index (κ3) is 3.68. The van der Waals surface area contributed by atoms with E-state index in [1.807, 2.05) is 24.4 Å². The maximum atomic E-state index is 12.3. The van der Waals surface area contributed by atoms with Gasteiger partial charge in [0.15, 0.2) is 0 Å². The minimum atomic E-state index is -0.376. The molecule has 1 heterocycles. The SMILES string of the molecule is O=c1c(Cl)c(N/N=C/C2CC=CCC2)cnn1-c1ccccc1. The van der Waals surface area contributed by atoms with Gasteiger partial charge in [0.25, 0.3) is 5.56 Å². The fourth-order valence-electron chi connectivity index (χ4n) is 2.43. The molecule has 0 amide bonds. The predicted molar refractivity (Wildman–Crippen MR) is 93.4 cm³/mol. The Morgan fingerprint density at radius 2 is 2.13 bits per heavy atom. The molecule has 118 valence electrons. The first-order valence-electron chi connectivity index (χ1n) is 7.53. The number of nitrogens with zero attached hydrogens (tertiary/aromatic N) is 3. The summed E-state index contributed by atoms with van der Waals surface area (Å²) in [6, 6.07) is 9.15. The maximum absolute atomic E-state index is 12.3. The summed E-state index contributed by atoms with van der Waals surface area (Å²) in [7, 11) is 0. The van der Waals surface area contributed by atoms with Crippen molar-refractivity contribution >= 4 is 23.5 Å². The number of benzene rings is 1. The van der Waals surface area contributed by atoms with Gasteiger partial charge < -0.3 is 0 Å². The largest absolute Gasteiger partial charge is 0.292 e.